The van der Waals surface area contributed by atoms with E-state index in [0.717, 1.165) is 38.4 Å². The van der Waals surface area contributed by atoms with Gasteiger partial charge in [0.1, 0.15) is 0 Å². The predicted molar refractivity (Wildman–Crippen MR) is 101 cm³/mol. The summed E-state index contributed by atoms with van der Waals surface area (Å²) in [6.45, 7) is 7.08. The van der Waals surface area contributed by atoms with Crippen LogP contribution in [0.25, 0.3) is 0 Å². The van der Waals surface area contributed by atoms with Gasteiger partial charge < -0.3 is 5.32 Å². The van der Waals surface area contributed by atoms with Gasteiger partial charge in [-0.05, 0) is 36.2 Å². The molecule has 1 aromatic carbocycles. The molecular weight excluding hydrogens is 336 g/mol. The predicted octanol–water partition coefficient (Wildman–Crippen LogP) is 2.80. The van der Waals surface area contributed by atoms with Crippen LogP contribution in [0.4, 0.5) is 5.69 Å². The van der Waals surface area contributed by atoms with Crippen LogP contribution in [-0.4, -0.2) is 53.4 Å². The van der Waals surface area contributed by atoms with Crippen molar-refractivity contribution in [3.63, 3.8) is 0 Å². The fourth-order valence-electron chi connectivity index (χ4n) is 3.04. The van der Waals surface area contributed by atoms with Gasteiger partial charge in [-0.2, -0.15) is 0 Å². The molecule has 1 fully saturated rings. The molecule has 0 spiro atoms. The van der Waals surface area contributed by atoms with Crippen LogP contribution in [-0.2, 0) is 11.3 Å². The summed E-state index contributed by atoms with van der Waals surface area (Å²) in [5.74, 6) is -0.00130. The maximum Gasteiger partial charge on any atom is 0.238 e. The molecule has 0 atom stereocenters. The molecule has 1 N–H and O–H groups in total. The van der Waals surface area contributed by atoms with E-state index in [1.54, 1.807) is 12.1 Å². The van der Waals surface area contributed by atoms with Crippen LogP contribution in [0.1, 0.15) is 11.1 Å². The van der Waals surface area contributed by atoms with Gasteiger partial charge in [0.2, 0.25) is 5.91 Å². The van der Waals surface area contributed by atoms with Crippen molar-refractivity contribution in [2.75, 3.05) is 38.0 Å². The zero-order valence-corrected chi connectivity index (χ0v) is 15.2. The maximum absolute atomic E-state index is 12.2. The van der Waals surface area contributed by atoms with Crippen LogP contribution in [0.3, 0.4) is 0 Å². The zero-order chi connectivity index (χ0) is 17.6. The van der Waals surface area contributed by atoms with Gasteiger partial charge in [0, 0.05) is 55.8 Å². The number of aromatic nitrogens is 1. The van der Waals surface area contributed by atoms with E-state index in [9.17, 15) is 4.79 Å². The first-order valence-electron chi connectivity index (χ1n) is 8.49. The van der Waals surface area contributed by atoms with Crippen molar-refractivity contribution in [3.8, 4) is 0 Å². The second kappa shape index (κ2) is 8.43. The Morgan fingerprint density at radius 1 is 1.16 bits per heavy atom. The van der Waals surface area contributed by atoms with E-state index in [-0.39, 0.29) is 5.91 Å². The molecule has 0 saturated carbocycles. The third-order valence-electron chi connectivity index (χ3n) is 4.28. The number of nitrogens with one attached hydrogen (secondary N) is 1. The summed E-state index contributed by atoms with van der Waals surface area (Å²) >= 11 is 5.94. The highest BCUT2D eigenvalue weighted by Crippen LogP contribution is 2.15. The van der Waals surface area contributed by atoms with E-state index in [0.29, 0.717) is 11.6 Å². The number of carbonyl (C=O) groups is 1. The molecule has 6 heteroatoms. The number of nitrogens with zero attached hydrogens (tertiary/aromatic N) is 3. The van der Waals surface area contributed by atoms with Crippen molar-refractivity contribution < 1.29 is 4.79 Å². The zero-order valence-electron chi connectivity index (χ0n) is 14.4. The lowest BCUT2D eigenvalue weighted by Gasteiger charge is -2.34. The molecule has 3 rings (SSSR count). The Morgan fingerprint density at radius 3 is 2.64 bits per heavy atom. The summed E-state index contributed by atoms with van der Waals surface area (Å²) in [7, 11) is 0. The monoisotopic (exact) mass is 358 g/mol. The minimum absolute atomic E-state index is 0.00130. The van der Waals surface area contributed by atoms with E-state index in [1.807, 2.05) is 24.5 Å². The van der Waals surface area contributed by atoms with Crippen molar-refractivity contribution in [2.24, 2.45) is 0 Å². The second-order valence-corrected chi connectivity index (χ2v) is 6.92. The fraction of sp³-hybridized carbons (Fsp3) is 0.368. The van der Waals surface area contributed by atoms with Crippen LogP contribution in [0.2, 0.25) is 5.02 Å². The van der Waals surface area contributed by atoms with Crippen molar-refractivity contribution in [3.05, 3.63) is 58.9 Å². The number of pyridine rings is 1. The van der Waals surface area contributed by atoms with Gasteiger partial charge in [-0.25, -0.2) is 0 Å². The third-order valence-corrected chi connectivity index (χ3v) is 4.51. The van der Waals surface area contributed by atoms with Gasteiger partial charge in [-0.15, -0.1) is 0 Å². The highest BCUT2D eigenvalue weighted by molar-refractivity contribution is 6.30. The summed E-state index contributed by atoms with van der Waals surface area (Å²) in [6, 6.07) is 9.40. The van der Waals surface area contributed by atoms with E-state index in [4.69, 9.17) is 11.6 Å². The first kappa shape index (κ1) is 17.9. The van der Waals surface area contributed by atoms with Gasteiger partial charge in [-0.3, -0.25) is 19.6 Å². The minimum Gasteiger partial charge on any atom is -0.325 e. The number of hydrogen-bond donors (Lipinski definition) is 1. The van der Waals surface area contributed by atoms with E-state index in [2.05, 4.69) is 33.1 Å². The van der Waals surface area contributed by atoms with E-state index < -0.39 is 0 Å². The molecule has 1 aromatic heterocycles. The van der Waals surface area contributed by atoms with Crippen LogP contribution in [0, 0.1) is 6.92 Å². The Morgan fingerprint density at radius 2 is 1.92 bits per heavy atom. The molecule has 2 aromatic rings. The summed E-state index contributed by atoms with van der Waals surface area (Å²) in [5, 5.41) is 3.52. The molecule has 2 heterocycles. The molecule has 0 aliphatic carbocycles. The highest BCUT2D eigenvalue weighted by Gasteiger charge is 2.19. The number of halogens is 1. The molecule has 1 saturated heterocycles. The topological polar surface area (TPSA) is 48.5 Å². The molecule has 25 heavy (non-hydrogen) atoms. The summed E-state index contributed by atoms with van der Waals surface area (Å²) < 4.78 is 0. The highest BCUT2D eigenvalue weighted by atomic mass is 35.5. The standard InChI is InChI=1S/C19H23ClN4O/c1-15-9-16(12-21-11-15)13-23-5-7-24(8-6-23)14-19(25)22-18-4-2-3-17(20)10-18/h2-4,9-12H,5-8,13-14H2,1H3,(H,22,25). The van der Waals surface area contributed by atoms with Crippen molar-refractivity contribution in [2.45, 2.75) is 13.5 Å². The number of benzene rings is 1. The largest absolute Gasteiger partial charge is 0.325 e. The van der Waals surface area contributed by atoms with Gasteiger partial charge in [0.15, 0.2) is 0 Å². The van der Waals surface area contributed by atoms with E-state index in [1.165, 1.54) is 11.1 Å². The number of anilines is 1. The van der Waals surface area contributed by atoms with Crippen LogP contribution in [0.15, 0.2) is 42.7 Å². The molecule has 132 valence electrons. The molecular formula is C19H23ClN4O. The normalized spacial score (nSPS) is 15.9. The lowest BCUT2D eigenvalue weighted by Crippen LogP contribution is -2.48. The Hall–Kier alpha value is -1.95. The number of piperazine rings is 1. The lowest BCUT2D eigenvalue weighted by molar-refractivity contribution is -0.117. The second-order valence-electron chi connectivity index (χ2n) is 6.48. The first-order valence-corrected chi connectivity index (χ1v) is 8.87. The summed E-state index contributed by atoms with van der Waals surface area (Å²) in [5.41, 5.74) is 3.17. The Bertz CT molecular complexity index is 729. The average molecular weight is 359 g/mol. The van der Waals surface area contributed by atoms with Crippen molar-refractivity contribution in [1.29, 1.82) is 0 Å². The number of carbonyl (C=O) groups excluding carboxylic acids is 1. The first-order chi connectivity index (χ1) is 12.1. The van der Waals surface area contributed by atoms with Gasteiger partial charge in [-0.1, -0.05) is 23.7 Å². The van der Waals surface area contributed by atoms with Crippen LogP contribution in [0.5, 0.6) is 0 Å². The average Bonchev–Trinajstić information content (AvgIpc) is 2.57. The van der Waals surface area contributed by atoms with Gasteiger partial charge in [0.25, 0.3) is 0 Å². The molecule has 1 aliphatic heterocycles. The Labute approximate surface area is 153 Å². The molecule has 5 nitrogen and oxygen atoms in total. The number of amides is 1. The SMILES string of the molecule is Cc1cncc(CN2CCN(CC(=O)Nc3cccc(Cl)c3)CC2)c1. The molecule has 0 unspecified atom stereocenters. The summed E-state index contributed by atoms with van der Waals surface area (Å²) in [6.07, 6.45) is 3.80. The summed E-state index contributed by atoms with van der Waals surface area (Å²) in [4.78, 5) is 21.0. The fourth-order valence-corrected chi connectivity index (χ4v) is 3.23. The third kappa shape index (κ3) is 5.53. The maximum atomic E-state index is 12.2. The number of hydrogen-bond acceptors (Lipinski definition) is 4. The van der Waals surface area contributed by atoms with Gasteiger partial charge >= 0.3 is 0 Å². The molecule has 1 aliphatic rings. The molecule has 1 amide bonds. The van der Waals surface area contributed by atoms with Crippen LogP contribution < -0.4 is 5.32 Å². The molecule has 0 bridgehead atoms. The van der Waals surface area contributed by atoms with Crippen LogP contribution >= 0.6 is 11.6 Å². The molecule has 0 radical (unpaired) electrons. The van der Waals surface area contributed by atoms with Gasteiger partial charge in [0.05, 0.1) is 6.54 Å². The Kier molecular flexibility index (Phi) is 6.02. The van der Waals surface area contributed by atoms with Crippen molar-refractivity contribution >= 4 is 23.2 Å². The smallest absolute Gasteiger partial charge is 0.238 e. The van der Waals surface area contributed by atoms with Crippen molar-refractivity contribution in [1.82, 2.24) is 14.8 Å². The quantitative estimate of drug-likeness (QED) is 0.892. The van der Waals surface area contributed by atoms with E-state index >= 15 is 0 Å². The lowest BCUT2D eigenvalue weighted by atomic mass is 10.2. The minimum atomic E-state index is -0.00130. The number of rotatable bonds is 5. The Balaban J connectivity index is 1.43. The number of aryl methyl sites for hydroxylation is 1.